The van der Waals surface area contributed by atoms with Crippen LogP contribution in [0.4, 0.5) is 0 Å². The van der Waals surface area contributed by atoms with Crippen LogP contribution in [0.1, 0.15) is 52.4 Å². The summed E-state index contributed by atoms with van der Waals surface area (Å²) in [5.41, 5.74) is 4.98. The van der Waals surface area contributed by atoms with Gasteiger partial charge in [0, 0.05) is 6.04 Å². The fourth-order valence-electron chi connectivity index (χ4n) is 3.63. The van der Waals surface area contributed by atoms with Gasteiger partial charge in [-0.2, -0.15) is 0 Å². The van der Waals surface area contributed by atoms with Crippen molar-refractivity contribution in [3.63, 3.8) is 0 Å². The number of nitrogens with two attached hydrogens (primary N) is 1. The van der Waals surface area contributed by atoms with Crippen molar-refractivity contribution in [2.45, 2.75) is 58.4 Å². The first-order valence-corrected chi connectivity index (χ1v) is 7.27. The SMILES string of the molecule is CC1CCCC(NC(=O)C2(C(N)=NO)CC(C)C2)C1. The Morgan fingerprint density at radius 1 is 1.32 bits per heavy atom. The third-order valence-electron chi connectivity index (χ3n) is 4.70. The molecule has 2 aliphatic rings. The molecule has 4 N–H and O–H groups in total. The zero-order chi connectivity index (χ0) is 14.0. The maximum atomic E-state index is 12.5. The van der Waals surface area contributed by atoms with Gasteiger partial charge in [-0.25, -0.2) is 0 Å². The Balaban J connectivity index is 2.01. The van der Waals surface area contributed by atoms with Crippen molar-refractivity contribution < 1.29 is 10.0 Å². The summed E-state index contributed by atoms with van der Waals surface area (Å²) >= 11 is 0. The summed E-state index contributed by atoms with van der Waals surface area (Å²) < 4.78 is 0. The summed E-state index contributed by atoms with van der Waals surface area (Å²) in [4.78, 5) is 12.5. The summed E-state index contributed by atoms with van der Waals surface area (Å²) in [6.07, 6.45) is 5.84. The van der Waals surface area contributed by atoms with E-state index in [0.29, 0.717) is 24.7 Å². The molecule has 0 spiro atoms. The maximum absolute atomic E-state index is 12.5. The molecule has 0 bridgehead atoms. The van der Waals surface area contributed by atoms with Crippen LogP contribution in [0.2, 0.25) is 0 Å². The molecule has 2 aliphatic carbocycles. The average molecular weight is 267 g/mol. The monoisotopic (exact) mass is 267 g/mol. The summed E-state index contributed by atoms with van der Waals surface area (Å²) in [6, 6.07) is 0.246. The van der Waals surface area contributed by atoms with Gasteiger partial charge in [0.25, 0.3) is 0 Å². The van der Waals surface area contributed by atoms with Crippen LogP contribution >= 0.6 is 0 Å². The van der Waals surface area contributed by atoms with E-state index in [-0.39, 0.29) is 17.8 Å². The Kier molecular flexibility index (Phi) is 4.02. The highest BCUT2D eigenvalue weighted by molar-refractivity contribution is 6.07. The minimum absolute atomic E-state index is 0.0556. The lowest BCUT2D eigenvalue weighted by atomic mass is 9.61. The van der Waals surface area contributed by atoms with Crippen molar-refractivity contribution in [1.82, 2.24) is 5.32 Å². The number of nitrogens with one attached hydrogen (secondary N) is 1. The molecule has 2 rings (SSSR count). The normalized spacial score (nSPS) is 39.5. The van der Waals surface area contributed by atoms with Crippen LogP contribution < -0.4 is 11.1 Å². The zero-order valence-corrected chi connectivity index (χ0v) is 11.9. The van der Waals surface area contributed by atoms with Gasteiger partial charge in [0.1, 0.15) is 5.41 Å². The molecule has 0 heterocycles. The van der Waals surface area contributed by atoms with Gasteiger partial charge in [-0.3, -0.25) is 4.79 Å². The predicted molar refractivity (Wildman–Crippen MR) is 73.8 cm³/mol. The number of carbonyl (C=O) groups is 1. The van der Waals surface area contributed by atoms with Gasteiger partial charge in [-0.05, 0) is 37.5 Å². The van der Waals surface area contributed by atoms with E-state index >= 15 is 0 Å². The van der Waals surface area contributed by atoms with Crippen LogP contribution in [0.3, 0.4) is 0 Å². The Hall–Kier alpha value is -1.26. The van der Waals surface area contributed by atoms with Crippen LogP contribution in [-0.4, -0.2) is 23.0 Å². The molecule has 0 aromatic carbocycles. The highest BCUT2D eigenvalue weighted by Gasteiger charge is 2.52. The summed E-state index contributed by atoms with van der Waals surface area (Å²) in [7, 11) is 0. The minimum Gasteiger partial charge on any atom is -0.409 e. The Labute approximate surface area is 114 Å². The maximum Gasteiger partial charge on any atom is 0.234 e. The van der Waals surface area contributed by atoms with E-state index in [0.717, 1.165) is 12.8 Å². The Morgan fingerprint density at radius 3 is 2.53 bits per heavy atom. The number of rotatable bonds is 3. The van der Waals surface area contributed by atoms with Gasteiger partial charge in [0.05, 0.1) is 0 Å². The summed E-state index contributed by atoms with van der Waals surface area (Å²) in [6.45, 7) is 4.31. The second kappa shape index (κ2) is 5.39. The number of nitrogens with zero attached hydrogens (tertiary/aromatic N) is 1. The van der Waals surface area contributed by atoms with Gasteiger partial charge < -0.3 is 16.3 Å². The Bertz CT molecular complexity index is 375. The van der Waals surface area contributed by atoms with E-state index in [4.69, 9.17) is 10.9 Å². The van der Waals surface area contributed by atoms with Gasteiger partial charge in [-0.1, -0.05) is 31.8 Å². The first-order chi connectivity index (χ1) is 8.98. The lowest BCUT2D eigenvalue weighted by Crippen LogP contribution is -2.58. The number of amides is 1. The topological polar surface area (TPSA) is 87.7 Å². The molecule has 19 heavy (non-hydrogen) atoms. The van der Waals surface area contributed by atoms with E-state index in [1.54, 1.807) is 0 Å². The van der Waals surface area contributed by atoms with Crippen molar-refractivity contribution in [1.29, 1.82) is 0 Å². The fourth-order valence-corrected chi connectivity index (χ4v) is 3.63. The molecule has 5 heteroatoms. The molecule has 0 aromatic heterocycles. The van der Waals surface area contributed by atoms with Crippen LogP contribution in [-0.2, 0) is 4.79 Å². The van der Waals surface area contributed by atoms with Crippen molar-refractivity contribution in [3.8, 4) is 0 Å². The van der Waals surface area contributed by atoms with Gasteiger partial charge >= 0.3 is 0 Å². The van der Waals surface area contributed by atoms with E-state index in [1.807, 2.05) is 0 Å². The first-order valence-electron chi connectivity index (χ1n) is 7.27. The number of carbonyl (C=O) groups excluding carboxylic acids is 1. The number of hydrogen-bond donors (Lipinski definition) is 3. The molecule has 108 valence electrons. The molecule has 2 unspecified atom stereocenters. The molecular weight excluding hydrogens is 242 g/mol. The molecule has 0 saturated heterocycles. The van der Waals surface area contributed by atoms with Crippen LogP contribution in [0.15, 0.2) is 5.16 Å². The lowest BCUT2D eigenvalue weighted by Gasteiger charge is -2.44. The molecule has 0 aromatic rings. The van der Waals surface area contributed by atoms with E-state index < -0.39 is 5.41 Å². The highest BCUT2D eigenvalue weighted by atomic mass is 16.4. The molecule has 1 amide bonds. The number of amidine groups is 1. The largest absolute Gasteiger partial charge is 0.409 e. The van der Waals surface area contributed by atoms with Crippen molar-refractivity contribution in [3.05, 3.63) is 0 Å². The third-order valence-corrected chi connectivity index (χ3v) is 4.70. The average Bonchev–Trinajstić information content (AvgIpc) is 2.33. The molecule has 2 fully saturated rings. The van der Waals surface area contributed by atoms with Crippen molar-refractivity contribution >= 4 is 11.7 Å². The fraction of sp³-hybridized carbons (Fsp3) is 0.857. The quantitative estimate of drug-likeness (QED) is 0.315. The summed E-state index contributed by atoms with van der Waals surface area (Å²) in [5.74, 6) is 1.13. The molecule has 0 aliphatic heterocycles. The Morgan fingerprint density at radius 2 is 2.00 bits per heavy atom. The standard InChI is InChI=1S/C14H25N3O2/c1-9-4-3-5-11(6-9)16-13(18)14(12(15)17-19)7-10(2)8-14/h9-11,19H,3-8H2,1-2H3,(H2,15,17)(H,16,18). The number of hydrogen-bond acceptors (Lipinski definition) is 3. The van der Waals surface area contributed by atoms with Crippen LogP contribution in [0.25, 0.3) is 0 Å². The lowest BCUT2D eigenvalue weighted by molar-refractivity contribution is -0.134. The van der Waals surface area contributed by atoms with Crippen molar-refractivity contribution in [2.24, 2.45) is 28.1 Å². The molecule has 0 radical (unpaired) electrons. The smallest absolute Gasteiger partial charge is 0.234 e. The molecule has 2 atom stereocenters. The van der Waals surface area contributed by atoms with E-state index in [2.05, 4.69) is 24.3 Å². The molecule has 5 nitrogen and oxygen atoms in total. The second-order valence-electron chi connectivity index (χ2n) is 6.52. The minimum atomic E-state index is -0.769. The van der Waals surface area contributed by atoms with Gasteiger partial charge in [-0.15, -0.1) is 0 Å². The third kappa shape index (κ3) is 2.69. The first kappa shape index (κ1) is 14.2. The van der Waals surface area contributed by atoms with Gasteiger partial charge in [0.2, 0.25) is 5.91 Å². The zero-order valence-electron chi connectivity index (χ0n) is 11.9. The van der Waals surface area contributed by atoms with E-state index in [9.17, 15) is 4.79 Å². The predicted octanol–water partition coefficient (Wildman–Crippen LogP) is 1.84. The highest BCUT2D eigenvalue weighted by Crippen LogP contribution is 2.46. The molecule has 2 saturated carbocycles. The van der Waals surface area contributed by atoms with E-state index in [1.165, 1.54) is 12.8 Å². The molecular formula is C14H25N3O2. The summed E-state index contributed by atoms with van der Waals surface area (Å²) in [5, 5.41) is 15.1. The van der Waals surface area contributed by atoms with Gasteiger partial charge in [0.15, 0.2) is 5.84 Å². The van der Waals surface area contributed by atoms with Crippen LogP contribution in [0.5, 0.6) is 0 Å². The van der Waals surface area contributed by atoms with Crippen molar-refractivity contribution in [2.75, 3.05) is 0 Å². The number of oxime groups is 1. The second-order valence-corrected chi connectivity index (χ2v) is 6.52. The van der Waals surface area contributed by atoms with Crippen LogP contribution in [0, 0.1) is 17.3 Å².